The zero-order chi connectivity index (χ0) is 17.8. The molecule has 1 atom stereocenters. The number of fused-ring (bicyclic) bond motifs is 3. The predicted octanol–water partition coefficient (Wildman–Crippen LogP) is 4.02. The van der Waals surface area contributed by atoms with Gasteiger partial charge < -0.3 is 5.11 Å². The van der Waals surface area contributed by atoms with Crippen LogP contribution in [-0.4, -0.2) is 27.0 Å². The van der Waals surface area contributed by atoms with Gasteiger partial charge in [-0.15, -0.1) is 17.9 Å². The zero-order valence-corrected chi connectivity index (χ0v) is 16.4. The van der Waals surface area contributed by atoms with Crippen LogP contribution >= 0.6 is 23.1 Å². The number of thiophene rings is 1. The van der Waals surface area contributed by atoms with Gasteiger partial charge in [-0.2, -0.15) is 0 Å². The lowest BCUT2D eigenvalue weighted by Crippen LogP contribution is -2.23. The second-order valence-electron chi connectivity index (χ2n) is 6.76. The number of aromatic nitrogens is 2. The fourth-order valence-electron chi connectivity index (χ4n) is 3.36. The SMILES string of the molecule is C=CCn1c(SCCCCCO)nc2sc3c(c2c1=O)CCC(C)C3. The van der Waals surface area contributed by atoms with Crippen LogP contribution in [0, 0.1) is 5.92 Å². The van der Waals surface area contributed by atoms with Crippen LogP contribution in [0.15, 0.2) is 22.6 Å². The van der Waals surface area contributed by atoms with Gasteiger partial charge in [0.2, 0.25) is 0 Å². The summed E-state index contributed by atoms with van der Waals surface area (Å²) in [7, 11) is 0. The average Bonchev–Trinajstić information content (AvgIpc) is 2.95. The highest BCUT2D eigenvalue weighted by Gasteiger charge is 2.24. The molecule has 1 unspecified atom stereocenters. The van der Waals surface area contributed by atoms with E-state index in [1.54, 1.807) is 33.7 Å². The first-order chi connectivity index (χ1) is 12.2. The molecule has 4 nitrogen and oxygen atoms in total. The van der Waals surface area contributed by atoms with Crippen molar-refractivity contribution in [3.8, 4) is 0 Å². The number of rotatable bonds is 8. The maximum absolute atomic E-state index is 13.1. The quantitative estimate of drug-likeness (QED) is 0.326. The van der Waals surface area contributed by atoms with Gasteiger partial charge in [-0.1, -0.05) is 31.2 Å². The Balaban J connectivity index is 1.95. The Hall–Kier alpha value is -1.11. The fraction of sp³-hybridized carbons (Fsp3) is 0.579. The van der Waals surface area contributed by atoms with Crippen molar-refractivity contribution in [2.75, 3.05) is 12.4 Å². The van der Waals surface area contributed by atoms with Crippen LogP contribution in [0.2, 0.25) is 0 Å². The van der Waals surface area contributed by atoms with Gasteiger partial charge in [0.1, 0.15) is 4.83 Å². The Kier molecular flexibility index (Phi) is 6.36. The summed E-state index contributed by atoms with van der Waals surface area (Å²) in [4.78, 5) is 20.2. The molecule has 0 saturated carbocycles. The maximum atomic E-state index is 13.1. The van der Waals surface area contributed by atoms with E-state index in [9.17, 15) is 4.79 Å². The summed E-state index contributed by atoms with van der Waals surface area (Å²) in [5.74, 6) is 1.60. The van der Waals surface area contributed by atoms with Crippen molar-refractivity contribution in [2.45, 2.75) is 57.1 Å². The first kappa shape index (κ1) is 18.7. The lowest BCUT2D eigenvalue weighted by Gasteiger charge is -2.17. The standard InChI is InChI=1S/C19H26N2O2S2/c1-3-9-21-18(23)16-14-8-7-13(2)12-15(14)25-17(16)20-19(21)24-11-6-4-5-10-22/h3,13,22H,1,4-12H2,2H3. The fourth-order valence-corrected chi connectivity index (χ4v) is 5.79. The van der Waals surface area contributed by atoms with Crippen LogP contribution in [0.5, 0.6) is 0 Å². The van der Waals surface area contributed by atoms with Crippen LogP contribution in [0.1, 0.15) is 43.0 Å². The molecular formula is C19H26N2O2S2. The summed E-state index contributed by atoms with van der Waals surface area (Å²) >= 11 is 3.35. The molecule has 25 heavy (non-hydrogen) atoms. The molecule has 2 aromatic heterocycles. The normalized spacial score (nSPS) is 17.0. The minimum Gasteiger partial charge on any atom is -0.396 e. The Morgan fingerprint density at radius 3 is 3.04 bits per heavy atom. The third-order valence-corrected chi connectivity index (χ3v) is 6.94. The van der Waals surface area contributed by atoms with Crippen molar-refractivity contribution in [1.29, 1.82) is 0 Å². The van der Waals surface area contributed by atoms with E-state index in [-0.39, 0.29) is 12.2 Å². The van der Waals surface area contributed by atoms with E-state index in [1.165, 1.54) is 10.4 Å². The molecule has 0 bridgehead atoms. The number of allylic oxidation sites excluding steroid dienone is 1. The van der Waals surface area contributed by atoms with Gasteiger partial charge in [0.05, 0.1) is 5.39 Å². The van der Waals surface area contributed by atoms with E-state index >= 15 is 0 Å². The molecule has 0 aromatic carbocycles. The molecule has 0 spiro atoms. The van der Waals surface area contributed by atoms with Gasteiger partial charge in [-0.25, -0.2) is 4.98 Å². The summed E-state index contributed by atoms with van der Waals surface area (Å²) in [5.41, 5.74) is 1.34. The smallest absolute Gasteiger partial charge is 0.263 e. The number of thioether (sulfide) groups is 1. The maximum Gasteiger partial charge on any atom is 0.263 e. The van der Waals surface area contributed by atoms with Gasteiger partial charge in [0.25, 0.3) is 5.56 Å². The largest absolute Gasteiger partial charge is 0.396 e. The average molecular weight is 379 g/mol. The minimum absolute atomic E-state index is 0.0924. The van der Waals surface area contributed by atoms with Crippen LogP contribution in [0.25, 0.3) is 10.2 Å². The molecule has 3 rings (SSSR count). The molecule has 136 valence electrons. The van der Waals surface area contributed by atoms with Gasteiger partial charge in [-0.05, 0) is 43.6 Å². The molecule has 1 aliphatic rings. The number of aliphatic hydroxyl groups excluding tert-OH is 1. The summed E-state index contributed by atoms with van der Waals surface area (Å²) in [6.45, 7) is 6.83. The van der Waals surface area contributed by atoms with E-state index in [2.05, 4.69) is 13.5 Å². The van der Waals surface area contributed by atoms with E-state index in [0.717, 1.165) is 59.7 Å². The van der Waals surface area contributed by atoms with Gasteiger partial charge >= 0.3 is 0 Å². The molecule has 0 saturated heterocycles. The highest BCUT2D eigenvalue weighted by atomic mass is 32.2. The summed E-state index contributed by atoms with van der Waals surface area (Å²) < 4.78 is 1.77. The van der Waals surface area contributed by atoms with Gasteiger partial charge in [0.15, 0.2) is 5.16 Å². The summed E-state index contributed by atoms with van der Waals surface area (Å²) in [6, 6.07) is 0. The van der Waals surface area contributed by atoms with Gasteiger partial charge in [0, 0.05) is 23.8 Å². The Labute approximate surface area is 157 Å². The monoisotopic (exact) mass is 378 g/mol. The molecule has 6 heteroatoms. The number of nitrogens with zero attached hydrogens (tertiary/aromatic N) is 2. The van der Waals surface area contributed by atoms with E-state index in [0.29, 0.717) is 12.5 Å². The molecule has 1 aliphatic carbocycles. The highest BCUT2D eigenvalue weighted by molar-refractivity contribution is 7.99. The Morgan fingerprint density at radius 1 is 1.44 bits per heavy atom. The molecule has 2 aromatic rings. The first-order valence-electron chi connectivity index (χ1n) is 9.05. The molecule has 0 amide bonds. The van der Waals surface area contributed by atoms with E-state index < -0.39 is 0 Å². The number of hydrogen-bond acceptors (Lipinski definition) is 5. The topological polar surface area (TPSA) is 55.1 Å². The first-order valence-corrected chi connectivity index (χ1v) is 10.9. The second-order valence-corrected chi connectivity index (χ2v) is 8.91. The molecule has 0 radical (unpaired) electrons. The summed E-state index contributed by atoms with van der Waals surface area (Å²) in [5, 5.41) is 10.5. The highest BCUT2D eigenvalue weighted by Crippen LogP contribution is 2.36. The van der Waals surface area contributed by atoms with Crippen molar-refractivity contribution in [3.05, 3.63) is 33.4 Å². The molecule has 0 fully saturated rings. The van der Waals surface area contributed by atoms with Crippen LogP contribution in [0.4, 0.5) is 0 Å². The predicted molar refractivity (Wildman–Crippen MR) is 107 cm³/mol. The number of aryl methyl sites for hydroxylation is 1. The van der Waals surface area contributed by atoms with Crippen molar-refractivity contribution in [2.24, 2.45) is 5.92 Å². The lowest BCUT2D eigenvalue weighted by atomic mass is 9.89. The van der Waals surface area contributed by atoms with E-state index in [4.69, 9.17) is 10.1 Å². The number of aliphatic hydroxyl groups is 1. The van der Waals surface area contributed by atoms with Crippen molar-refractivity contribution in [3.63, 3.8) is 0 Å². The molecular weight excluding hydrogens is 352 g/mol. The van der Waals surface area contributed by atoms with Crippen LogP contribution < -0.4 is 5.56 Å². The minimum atomic E-state index is 0.0924. The zero-order valence-electron chi connectivity index (χ0n) is 14.8. The molecule has 2 heterocycles. The Bertz CT molecular complexity index is 810. The molecule has 0 aliphatic heterocycles. The van der Waals surface area contributed by atoms with Crippen molar-refractivity contribution in [1.82, 2.24) is 9.55 Å². The van der Waals surface area contributed by atoms with Crippen LogP contribution in [-0.2, 0) is 19.4 Å². The van der Waals surface area contributed by atoms with Crippen molar-refractivity contribution < 1.29 is 5.11 Å². The van der Waals surface area contributed by atoms with Crippen LogP contribution in [0.3, 0.4) is 0 Å². The van der Waals surface area contributed by atoms with E-state index in [1.807, 2.05) is 0 Å². The molecule has 1 N–H and O–H groups in total. The third-order valence-electron chi connectivity index (χ3n) is 4.73. The second kappa shape index (κ2) is 8.52. The van der Waals surface area contributed by atoms with Crippen molar-refractivity contribution >= 4 is 33.3 Å². The number of unbranched alkanes of at least 4 members (excludes halogenated alkanes) is 2. The third kappa shape index (κ3) is 4.01. The summed E-state index contributed by atoms with van der Waals surface area (Å²) in [6.07, 6.45) is 7.85. The number of hydrogen-bond donors (Lipinski definition) is 1. The van der Waals surface area contributed by atoms with Gasteiger partial charge in [-0.3, -0.25) is 9.36 Å². The Morgan fingerprint density at radius 2 is 2.28 bits per heavy atom. The lowest BCUT2D eigenvalue weighted by molar-refractivity contribution is 0.284.